The van der Waals surface area contributed by atoms with Crippen LogP contribution in [0.2, 0.25) is 0 Å². The number of carbonyl (C=O) groups is 3. The lowest BCUT2D eigenvalue weighted by Gasteiger charge is -2.13. The van der Waals surface area contributed by atoms with Crippen LogP contribution in [0.25, 0.3) is 0 Å². The van der Waals surface area contributed by atoms with Gasteiger partial charge < -0.3 is 16.2 Å². The van der Waals surface area contributed by atoms with E-state index < -0.39 is 28.7 Å². The molecule has 0 aromatic carbocycles. The molecule has 1 unspecified atom stereocenters. The van der Waals surface area contributed by atoms with E-state index in [-0.39, 0.29) is 12.8 Å². The fourth-order valence-electron chi connectivity index (χ4n) is 0.779. The van der Waals surface area contributed by atoms with Gasteiger partial charge in [0.15, 0.2) is 4.84 Å². The molecule has 0 aromatic rings. The Morgan fingerprint density at radius 1 is 1.33 bits per heavy atom. The summed E-state index contributed by atoms with van der Waals surface area (Å²) in [7, 11) is 0. The second-order valence-corrected chi connectivity index (χ2v) is 3.80. The largest absolute Gasteiger partial charge is 0.480 e. The van der Waals surface area contributed by atoms with Crippen LogP contribution in [0, 0.1) is 0 Å². The summed E-state index contributed by atoms with van der Waals surface area (Å²) in [6.45, 7) is 0. The zero-order chi connectivity index (χ0) is 12.0. The summed E-state index contributed by atoms with van der Waals surface area (Å²) in [6.07, 6.45) is -0.247. The molecule has 0 saturated heterocycles. The third-order valence-corrected chi connectivity index (χ3v) is 1.89. The highest BCUT2D eigenvalue weighted by Gasteiger charge is 2.22. The van der Waals surface area contributed by atoms with Crippen LogP contribution in [0.4, 0.5) is 0 Å². The van der Waals surface area contributed by atoms with Crippen LogP contribution in [0.1, 0.15) is 12.8 Å². The molecule has 0 aromatic heterocycles. The average molecular weight is 257 g/mol. The first kappa shape index (κ1) is 14.0. The number of carbonyl (C=O) groups excluding carboxylic acids is 2. The van der Waals surface area contributed by atoms with Gasteiger partial charge in [-0.2, -0.15) is 0 Å². The molecular formula is C7H10Cl2N2O4. The minimum absolute atomic E-state index is 0.100. The maximum absolute atomic E-state index is 10.9. The summed E-state index contributed by atoms with van der Waals surface area (Å²) < 4.78 is 0. The van der Waals surface area contributed by atoms with Crippen molar-refractivity contribution in [2.45, 2.75) is 23.7 Å². The molecule has 0 aliphatic rings. The number of aliphatic carboxylic acids is 1. The number of hydrogen-bond donors (Lipinski definition) is 3. The van der Waals surface area contributed by atoms with Gasteiger partial charge >= 0.3 is 5.97 Å². The third kappa shape index (κ3) is 6.14. The first-order valence-electron chi connectivity index (χ1n) is 3.94. The van der Waals surface area contributed by atoms with Gasteiger partial charge in [0.1, 0.15) is 6.04 Å². The maximum atomic E-state index is 10.9. The normalized spacial score (nSPS) is 12.2. The Kier molecular flexibility index (Phi) is 6.03. The Morgan fingerprint density at radius 3 is 2.20 bits per heavy atom. The summed E-state index contributed by atoms with van der Waals surface area (Å²) in [6, 6.07) is -1.22. The summed E-state index contributed by atoms with van der Waals surface area (Å²) in [4.78, 5) is 30.6. The molecule has 0 saturated carbocycles. The van der Waals surface area contributed by atoms with E-state index >= 15 is 0 Å². The van der Waals surface area contributed by atoms with Crippen molar-refractivity contribution in [3.8, 4) is 0 Å². The van der Waals surface area contributed by atoms with Crippen LogP contribution in [0.5, 0.6) is 0 Å². The molecular weight excluding hydrogens is 247 g/mol. The molecule has 0 aliphatic heterocycles. The van der Waals surface area contributed by atoms with Crippen molar-refractivity contribution in [2.24, 2.45) is 5.73 Å². The molecule has 0 bridgehead atoms. The van der Waals surface area contributed by atoms with Gasteiger partial charge in [0.05, 0.1) is 0 Å². The highest BCUT2D eigenvalue weighted by molar-refractivity contribution is 6.53. The molecule has 15 heavy (non-hydrogen) atoms. The number of primary amides is 1. The summed E-state index contributed by atoms with van der Waals surface area (Å²) in [5, 5.41) is 10.7. The van der Waals surface area contributed by atoms with Crippen molar-refractivity contribution >= 4 is 41.0 Å². The molecule has 0 rings (SSSR count). The zero-order valence-electron chi connectivity index (χ0n) is 7.57. The van der Waals surface area contributed by atoms with Crippen molar-refractivity contribution in [2.75, 3.05) is 0 Å². The van der Waals surface area contributed by atoms with Crippen molar-refractivity contribution < 1.29 is 19.5 Å². The predicted octanol–water partition coefficient (Wildman–Crippen LogP) is -0.375. The molecule has 1 atom stereocenters. The van der Waals surface area contributed by atoms with Crippen molar-refractivity contribution in [1.82, 2.24) is 5.32 Å². The van der Waals surface area contributed by atoms with Crippen molar-refractivity contribution in [3.05, 3.63) is 0 Å². The van der Waals surface area contributed by atoms with Gasteiger partial charge in [-0.05, 0) is 6.42 Å². The molecule has 0 fully saturated rings. The van der Waals surface area contributed by atoms with Gasteiger partial charge in [-0.3, -0.25) is 9.59 Å². The van der Waals surface area contributed by atoms with Gasteiger partial charge in [0, 0.05) is 6.42 Å². The highest BCUT2D eigenvalue weighted by Crippen LogP contribution is 2.04. The molecule has 8 heteroatoms. The first-order chi connectivity index (χ1) is 6.84. The standard InChI is InChI=1S/C7H10Cl2N2O4/c8-5(9)6(13)11-3(7(14)15)1-2-4(10)12/h3,5H,1-2H2,(H2,10,12)(H,11,13)(H,14,15). The monoisotopic (exact) mass is 256 g/mol. The van der Waals surface area contributed by atoms with Crippen LogP contribution in [0.3, 0.4) is 0 Å². The van der Waals surface area contributed by atoms with E-state index in [1.54, 1.807) is 0 Å². The van der Waals surface area contributed by atoms with E-state index in [4.69, 9.17) is 34.0 Å². The Morgan fingerprint density at radius 2 is 1.87 bits per heavy atom. The molecule has 6 nitrogen and oxygen atoms in total. The second-order valence-electron chi connectivity index (χ2n) is 2.71. The molecule has 0 aliphatic carbocycles. The number of amides is 2. The maximum Gasteiger partial charge on any atom is 0.326 e. The minimum atomic E-state index is -1.35. The average Bonchev–Trinajstić information content (AvgIpc) is 2.10. The predicted molar refractivity (Wildman–Crippen MR) is 53.5 cm³/mol. The van der Waals surface area contributed by atoms with Crippen LogP contribution in [0.15, 0.2) is 0 Å². The van der Waals surface area contributed by atoms with Crippen LogP contribution in [-0.4, -0.2) is 33.8 Å². The van der Waals surface area contributed by atoms with E-state index in [0.717, 1.165) is 0 Å². The number of halogens is 2. The molecule has 4 N–H and O–H groups in total. The lowest BCUT2D eigenvalue weighted by Crippen LogP contribution is -2.43. The summed E-state index contributed by atoms with van der Waals surface area (Å²) in [5.74, 6) is -2.75. The van der Waals surface area contributed by atoms with Gasteiger partial charge in [-0.1, -0.05) is 23.2 Å². The van der Waals surface area contributed by atoms with Crippen molar-refractivity contribution in [1.29, 1.82) is 0 Å². The Hall–Kier alpha value is -1.01. The lowest BCUT2D eigenvalue weighted by atomic mass is 10.1. The van der Waals surface area contributed by atoms with Crippen LogP contribution < -0.4 is 11.1 Å². The van der Waals surface area contributed by atoms with E-state index in [1.165, 1.54) is 0 Å². The quantitative estimate of drug-likeness (QED) is 0.563. The number of alkyl halides is 2. The minimum Gasteiger partial charge on any atom is -0.480 e. The zero-order valence-corrected chi connectivity index (χ0v) is 9.09. The SMILES string of the molecule is NC(=O)CCC(NC(=O)C(Cl)Cl)C(=O)O. The Labute approximate surface area is 95.7 Å². The van der Waals surface area contributed by atoms with Crippen LogP contribution >= 0.6 is 23.2 Å². The van der Waals surface area contributed by atoms with E-state index in [0.29, 0.717) is 0 Å². The topological polar surface area (TPSA) is 109 Å². The number of rotatable bonds is 6. The van der Waals surface area contributed by atoms with Gasteiger partial charge in [0.25, 0.3) is 5.91 Å². The van der Waals surface area contributed by atoms with E-state index in [9.17, 15) is 14.4 Å². The number of nitrogens with two attached hydrogens (primary N) is 1. The second kappa shape index (κ2) is 6.47. The van der Waals surface area contributed by atoms with E-state index in [1.807, 2.05) is 0 Å². The highest BCUT2D eigenvalue weighted by atomic mass is 35.5. The van der Waals surface area contributed by atoms with Gasteiger partial charge in [-0.15, -0.1) is 0 Å². The Bertz CT molecular complexity index is 270. The number of hydrogen-bond acceptors (Lipinski definition) is 3. The number of carboxylic acids is 1. The molecule has 0 heterocycles. The first-order valence-corrected chi connectivity index (χ1v) is 4.81. The molecule has 0 radical (unpaired) electrons. The molecule has 86 valence electrons. The van der Waals surface area contributed by atoms with Crippen molar-refractivity contribution in [3.63, 3.8) is 0 Å². The van der Waals surface area contributed by atoms with E-state index in [2.05, 4.69) is 5.32 Å². The third-order valence-electron chi connectivity index (χ3n) is 1.49. The van der Waals surface area contributed by atoms with Gasteiger partial charge in [-0.25, -0.2) is 4.79 Å². The smallest absolute Gasteiger partial charge is 0.326 e. The summed E-state index contributed by atoms with van der Waals surface area (Å²) >= 11 is 10.4. The fourth-order valence-corrected chi connectivity index (χ4v) is 0.905. The number of nitrogens with one attached hydrogen (secondary N) is 1. The van der Waals surface area contributed by atoms with Crippen LogP contribution in [-0.2, 0) is 14.4 Å². The number of carboxylic acid groups (broad SMARTS) is 1. The molecule has 0 spiro atoms. The molecule has 2 amide bonds. The fraction of sp³-hybridized carbons (Fsp3) is 0.571. The van der Waals surface area contributed by atoms with Gasteiger partial charge in [0.2, 0.25) is 5.91 Å². The Balaban J connectivity index is 4.22. The summed E-state index contributed by atoms with van der Waals surface area (Å²) in [5.41, 5.74) is 4.83. The lowest BCUT2D eigenvalue weighted by molar-refractivity contribution is -0.141.